The van der Waals surface area contributed by atoms with E-state index in [-0.39, 0.29) is 29.7 Å². The Labute approximate surface area is 304 Å². The first-order valence-electron chi connectivity index (χ1n) is 18.8. The molecular formula is C39H47N10O3-. The Morgan fingerprint density at radius 3 is 2.25 bits per heavy atom. The Bertz CT molecular complexity index is 1980. The third kappa shape index (κ3) is 6.93. The summed E-state index contributed by atoms with van der Waals surface area (Å²) >= 11 is 0. The fraction of sp³-hybridized carbons (Fsp3) is 0.487. The lowest BCUT2D eigenvalue weighted by atomic mass is 9.90. The van der Waals surface area contributed by atoms with Gasteiger partial charge in [0.05, 0.1) is 23.2 Å². The van der Waals surface area contributed by atoms with Crippen molar-refractivity contribution in [2.75, 3.05) is 63.2 Å². The molecule has 13 nitrogen and oxygen atoms in total. The van der Waals surface area contributed by atoms with E-state index in [4.69, 9.17) is 4.99 Å². The van der Waals surface area contributed by atoms with Crippen molar-refractivity contribution in [2.45, 2.75) is 69.4 Å². The lowest BCUT2D eigenvalue weighted by molar-refractivity contribution is -0.269. The van der Waals surface area contributed by atoms with Crippen LogP contribution in [0.4, 0.5) is 17.2 Å². The molecule has 6 heterocycles. The van der Waals surface area contributed by atoms with E-state index in [1.165, 1.54) is 5.69 Å². The van der Waals surface area contributed by atoms with Crippen LogP contribution in [0.2, 0.25) is 0 Å². The number of fused-ring (bicyclic) bond motifs is 1. The first-order valence-corrected chi connectivity index (χ1v) is 18.8. The van der Waals surface area contributed by atoms with Gasteiger partial charge in [0.25, 0.3) is 5.96 Å². The zero-order chi connectivity index (χ0) is 35.8. The van der Waals surface area contributed by atoms with Crippen LogP contribution in [-0.4, -0.2) is 103 Å². The minimum Gasteiger partial charge on any atom is -0.859 e. The highest BCUT2D eigenvalue weighted by Gasteiger charge is 2.30. The second kappa shape index (κ2) is 14.5. The number of carbonyl (C=O) groups is 2. The summed E-state index contributed by atoms with van der Waals surface area (Å²) in [5.41, 5.74) is 4.87. The zero-order valence-corrected chi connectivity index (χ0v) is 30.1. The highest BCUT2D eigenvalue weighted by Crippen LogP contribution is 2.30. The maximum absolute atomic E-state index is 13.1. The number of aromatic nitrogens is 2. The molecule has 2 amide bonds. The molecule has 272 valence electrons. The van der Waals surface area contributed by atoms with Crippen molar-refractivity contribution >= 4 is 47.1 Å². The SMILES string of the molecule is CN(C)/C([O-])=c1\cc2c(n1C1CCCC1)=NC(=Nc1ccc(N3CCN(C4CCN(c5ccc(C6CCC(=O)NC6=O)cc5)CC4)CC3)cn1)N=C2. The molecule has 1 N–H and O–H groups in total. The molecule has 1 unspecified atom stereocenters. The average molecular weight is 704 g/mol. The second-order valence-corrected chi connectivity index (χ2v) is 14.8. The maximum atomic E-state index is 13.1. The van der Waals surface area contributed by atoms with Gasteiger partial charge < -0.3 is 24.4 Å². The predicted octanol–water partition coefficient (Wildman–Crippen LogP) is 2.04. The zero-order valence-electron chi connectivity index (χ0n) is 30.1. The molecule has 0 radical (unpaired) electrons. The molecule has 4 fully saturated rings. The Morgan fingerprint density at radius 2 is 1.58 bits per heavy atom. The number of guanidine groups is 1. The minimum absolute atomic E-state index is 0.0282. The Morgan fingerprint density at radius 1 is 0.865 bits per heavy atom. The van der Waals surface area contributed by atoms with Gasteiger partial charge in [-0.15, -0.1) is 0 Å². The molecule has 13 heteroatoms. The van der Waals surface area contributed by atoms with Gasteiger partial charge in [0.15, 0.2) is 5.82 Å². The molecule has 8 rings (SSSR count). The predicted molar refractivity (Wildman–Crippen MR) is 199 cm³/mol. The standard InChI is InChI=1S/C39H48N10O3/c1-45(2)38(52)33-23-27-24-41-39(44-36(27)49(33)30-5-3-4-6-30)42-34-13-11-31(25-40-34)48-21-19-47(20-22-48)29-15-17-46(18-16-29)28-9-7-26(8-10-28)32-12-14-35(50)43-37(32)51/h7-11,13,23-25,29-30,32,52H,3-6,12,14-22H2,1-2H3,(H,43,50,51)/p-1/b38-33-,42-39?. The Hall–Kier alpha value is -5.04. The molecule has 0 bridgehead atoms. The van der Waals surface area contributed by atoms with Crippen molar-refractivity contribution in [3.05, 3.63) is 70.6 Å². The molecule has 52 heavy (non-hydrogen) atoms. The number of nitrogens with zero attached hydrogens (tertiary/aromatic N) is 9. The van der Waals surface area contributed by atoms with E-state index in [0.29, 0.717) is 36.0 Å². The average Bonchev–Trinajstić information content (AvgIpc) is 3.83. The highest BCUT2D eigenvalue weighted by molar-refractivity contribution is 6.01. The summed E-state index contributed by atoms with van der Waals surface area (Å²) in [4.78, 5) is 51.6. The summed E-state index contributed by atoms with van der Waals surface area (Å²) in [6, 6.07) is 15.1. The first kappa shape index (κ1) is 34.1. The summed E-state index contributed by atoms with van der Waals surface area (Å²) in [7, 11) is 3.56. The van der Waals surface area contributed by atoms with Crippen molar-refractivity contribution < 1.29 is 14.7 Å². The largest absolute Gasteiger partial charge is 0.859 e. The van der Waals surface area contributed by atoms with Crippen LogP contribution in [-0.2, 0) is 9.59 Å². The van der Waals surface area contributed by atoms with Crippen LogP contribution in [0.15, 0.2) is 63.6 Å². The van der Waals surface area contributed by atoms with Gasteiger partial charge in [-0.1, -0.05) is 25.0 Å². The molecule has 4 aliphatic heterocycles. The number of piperidine rings is 2. The number of piperazine rings is 1. The van der Waals surface area contributed by atoms with E-state index < -0.39 is 0 Å². The molecule has 0 spiro atoms. The van der Waals surface area contributed by atoms with Crippen molar-refractivity contribution in [2.24, 2.45) is 15.0 Å². The van der Waals surface area contributed by atoms with Crippen LogP contribution < -0.4 is 31.1 Å². The third-order valence-corrected chi connectivity index (χ3v) is 11.4. The van der Waals surface area contributed by atoms with Crippen molar-refractivity contribution in [3.8, 4) is 0 Å². The number of pyridine rings is 1. The summed E-state index contributed by atoms with van der Waals surface area (Å²) in [5.74, 6) is 0.267. The Kier molecular flexibility index (Phi) is 9.52. The van der Waals surface area contributed by atoms with Crippen LogP contribution in [0.25, 0.3) is 5.88 Å². The smallest absolute Gasteiger partial charge is 0.253 e. The Balaban J connectivity index is 0.859. The maximum Gasteiger partial charge on any atom is 0.253 e. The van der Waals surface area contributed by atoms with Gasteiger partial charge in [-0.3, -0.25) is 19.8 Å². The van der Waals surface area contributed by atoms with E-state index in [1.54, 1.807) is 25.2 Å². The number of carbonyl (C=O) groups excluding carboxylic acids is 2. The van der Waals surface area contributed by atoms with Gasteiger partial charge in [-0.25, -0.2) is 9.98 Å². The monoisotopic (exact) mass is 703 g/mol. The van der Waals surface area contributed by atoms with Gasteiger partial charge in [0, 0.05) is 89.3 Å². The lowest BCUT2D eigenvalue weighted by Crippen LogP contribution is -2.53. The number of aliphatic imine (C=N–C) groups is 2. The quantitative estimate of drug-likeness (QED) is 0.370. The minimum atomic E-state index is -0.244. The van der Waals surface area contributed by atoms with Gasteiger partial charge in [-0.05, 0) is 73.9 Å². The van der Waals surface area contributed by atoms with Crippen LogP contribution in [0.3, 0.4) is 0 Å². The molecular weight excluding hydrogens is 656 g/mol. The summed E-state index contributed by atoms with van der Waals surface area (Å²) in [6.07, 6.45) is 11.3. The molecule has 5 aliphatic rings. The van der Waals surface area contributed by atoms with Gasteiger partial charge in [0.2, 0.25) is 11.8 Å². The molecule has 1 aromatic carbocycles. The first-order chi connectivity index (χ1) is 25.3. The number of anilines is 2. The second-order valence-electron chi connectivity index (χ2n) is 14.8. The van der Waals surface area contributed by atoms with Crippen LogP contribution in [0.5, 0.6) is 0 Å². The van der Waals surface area contributed by atoms with Crippen molar-refractivity contribution in [1.82, 2.24) is 24.7 Å². The van der Waals surface area contributed by atoms with Crippen LogP contribution in [0.1, 0.15) is 74.5 Å². The molecule has 3 aromatic rings. The van der Waals surface area contributed by atoms with Crippen LogP contribution in [0, 0.1) is 0 Å². The molecule has 1 saturated carbocycles. The van der Waals surface area contributed by atoms with Crippen molar-refractivity contribution in [3.63, 3.8) is 0 Å². The number of hydrogen-bond acceptors (Lipinski definition) is 9. The summed E-state index contributed by atoms with van der Waals surface area (Å²) in [6.45, 7) is 5.96. The summed E-state index contributed by atoms with van der Waals surface area (Å²) < 4.78 is 2.11. The van der Waals surface area contributed by atoms with E-state index in [2.05, 4.69) is 57.8 Å². The fourth-order valence-electron chi connectivity index (χ4n) is 8.48. The normalized spacial score (nSPS) is 23.1. The topological polar surface area (TPSA) is 137 Å². The van der Waals surface area contributed by atoms with E-state index in [0.717, 1.165) is 100 Å². The third-order valence-electron chi connectivity index (χ3n) is 11.4. The fourth-order valence-corrected chi connectivity index (χ4v) is 8.48. The summed E-state index contributed by atoms with van der Waals surface area (Å²) in [5, 5.41) is 16.2. The van der Waals surface area contributed by atoms with E-state index in [1.807, 2.05) is 30.5 Å². The number of benzene rings is 1. The van der Waals surface area contributed by atoms with Crippen LogP contribution >= 0.6 is 0 Å². The van der Waals surface area contributed by atoms with Crippen molar-refractivity contribution in [1.29, 1.82) is 0 Å². The molecule has 2 aromatic heterocycles. The number of imide groups is 1. The molecule has 1 atom stereocenters. The van der Waals surface area contributed by atoms with E-state index in [9.17, 15) is 14.7 Å². The molecule has 3 saturated heterocycles. The number of amides is 2. The highest BCUT2D eigenvalue weighted by atomic mass is 16.3. The van der Waals surface area contributed by atoms with Gasteiger partial charge >= 0.3 is 0 Å². The lowest BCUT2D eigenvalue weighted by Gasteiger charge is -2.43. The number of nitrogens with one attached hydrogen (secondary N) is 1. The van der Waals surface area contributed by atoms with Gasteiger partial charge in [-0.2, -0.15) is 9.98 Å². The number of hydrogen-bond donors (Lipinski definition) is 1. The number of rotatable bonds is 7. The molecule has 1 aliphatic carbocycles. The van der Waals surface area contributed by atoms with Gasteiger partial charge in [0.1, 0.15) is 5.49 Å². The van der Waals surface area contributed by atoms with E-state index >= 15 is 0 Å².